The molecule has 0 amide bonds. The third-order valence-electron chi connectivity index (χ3n) is 2.19. The van der Waals surface area contributed by atoms with Gasteiger partial charge in [0.1, 0.15) is 11.3 Å². The molecule has 17 heavy (non-hydrogen) atoms. The molecule has 8 heteroatoms. The summed E-state index contributed by atoms with van der Waals surface area (Å²) in [5, 5.41) is 21.9. The van der Waals surface area contributed by atoms with Gasteiger partial charge >= 0.3 is 11.4 Å². The predicted octanol–water partition coefficient (Wildman–Crippen LogP) is 3.18. The molecule has 7 nitrogen and oxygen atoms in total. The summed E-state index contributed by atoms with van der Waals surface area (Å²) in [5.74, 6) is 0.621. The summed E-state index contributed by atoms with van der Waals surface area (Å²) >= 11 is 2.07. The predicted molar refractivity (Wildman–Crippen MR) is 67.2 cm³/mol. The average molecular weight is 348 g/mol. The maximum atomic E-state index is 10.7. The fourth-order valence-electron chi connectivity index (χ4n) is 1.48. The lowest BCUT2D eigenvalue weighted by Crippen LogP contribution is -1.95. The highest BCUT2D eigenvalue weighted by Crippen LogP contribution is 2.33. The van der Waals surface area contributed by atoms with Crippen molar-refractivity contribution < 1.29 is 14.3 Å². The molecule has 0 aliphatic rings. The van der Waals surface area contributed by atoms with Crippen molar-refractivity contribution in [3.05, 3.63) is 44.2 Å². The van der Waals surface area contributed by atoms with E-state index in [4.69, 9.17) is 4.42 Å². The van der Waals surface area contributed by atoms with Crippen molar-refractivity contribution in [1.82, 2.24) is 0 Å². The van der Waals surface area contributed by atoms with Crippen LogP contribution in [0.4, 0.5) is 11.4 Å². The topological polar surface area (TPSA) is 99.4 Å². The van der Waals surface area contributed by atoms with E-state index in [1.165, 1.54) is 0 Å². The molecule has 0 aliphatic carbocycles. The van der Waals surface area contributed by atoms with Crippen LogP contribution < -0.4 is 0 Å². The van der Waals surface area contributed by atoms with Gasteiger partial charge in [-0.3, -0.25) is 20.2 Å². The molecular formula is C9H5IN2O5. The number of halogens is 1. The SMILES string of the molecule is O=[N+]([O-])c1cc2cc(CI)oc2cc1[N+](=O)[O-]. The number of nitro groups is 2. The van der Waals surface area contributed by atoms with Gasteiger partial charge in [-0.05, 0) is 6.07 Å². The summed E-state index contributed by atoms with van der Waals surface area (Å²) in [6.07, 6.45) is 0. The van der Waals surface area contributed by atoms with Crippen LogP contribution in [-0.2, 0) is 4.43 Å². The Morgan fingerprint density at radius 3 is 2.24 bits per heavy atom. The summed E-state index contributed by atoms with van der Waals surface area (Å²) in [6, 6.07) is 3.88. The number of fused-ring (bicyclic) bond motifs is 1. The second-order valence-electron chi connectivity index (χ2n) is 3.24. The van der Waals surface area contributed by atoms with Crippen LogP contribution >= 0.6 is 22.6 Å². The molecule has 0 bridgehead atoms. The van der Waals surface area contributed by atoms with E-state index in [-0.39, 0.29) is 5.58 Å². The quantitative estimate of drug-likeness (QED) is 0.367. The molecule has 0 saturated carbocycles. The van der Waals surface area contributed by atoms with Gasteiger partial charge in [0.25, 0.3) is 0 Å². The second kappa shape index (κ2) is 4.28. The maximum absolute atomic E-state index is 10.7. The third-order valence-corrected chi connectivity index (χ3v) is 2.94. The Morgan fingerprint density at radius 2 is 1.71 bits per heavy atom. The van der Waals surface area contributed by atoms with Crippen LogP contribution in [-0.4, -0.2) is 9.85 Å². The summed E-state index contributed by atoms with van der Waals surface area (Å²) in [7, 11) is 0. The molecule has 0 aliphatic heterocycles. The minimum Gasteiger partial charge on any atom is -0.460 e. The Morgan fingerprint density at radius 1 is 1.12 bits per heavy atom. The van der Waals surface area contributed by atoms with Crippen LogP contribution in [0, 0.1) is 20.2 Å². The number of hydrogen-bond acceptors (Lipinski definition) is 5. The highest BCUT2D eigenvalue weighted by molar-refractivity contribution is 14.1. The van der Waals surface area contributed by atoms with E-state index in [2.05, 4.69) is 22.6 Å². The van der Waals surface area contributed by atoms with E-state index in [1.807, 2.05) is 0 Å². The molecule has 88 valence electrons. The Hall–Kier alpha value is -1.71. The lowest BCUT2D eigenvalue weighted by atomic mass is 10.2. The normalized spacial score (nSPS) is 10.6. The number of alkyl halides is 1. The van der Waals surface area contributed by atoms with E-state index < -0.39 is 21.2 Å². The first-order chi connectivity index (χ1) is 8.02. The first-order valence-electron chi connectivity index (χ1n) is 4.44. The minimum absolute atomic E-state index is 0.286. The van der Waals surface area contributed by atoms with Gasteiger partial charge in [-0.2, -0.15) is 0 Å². The van der Waals surface area contributed by atoms with Crippen molar-refractivity contribution in [3.63, 3.8) is 0 Å². The fraction of sp³-hybridized carbons (Fsp3) is 0.111. The molecule has 0 unspecified atom stereocenters. The Bertz CT molecular complexity index is 570. The molecular weight excluding hydrogens is 343 g/mol. The van der Waals surface area contributed by atoms with Crippen molar-refractivity contribution in [2.75, 3.05) is 0 Å². The van der Waals surface area contributed by atoms with E-state index in [0.29, 0.717) is 15.6 Å². The fourth-order valence-corrected chi connectivity index (χ4v) is 1.85. The molecule has 2 aromatic rings. The molecule has 0 N–H and O–H groups in total. The maximum Gasteiger partial charge on any atom is 0.349 e. The summed E-state index contributed by atoms with van der Waals surface area (Å²) in [6.45, 7) is 0. The van der Waals surface area contributed by atoms with Gasteiger partial charge in [0.15, 0.2) is 0 Å². The number of benzene rings is 1. The smallest absolute Gasteiger partial charge is 0.349 e. The van der Waals surface area contributed by atoms with Crippen molar-refractivity contribution in [3.8, 4) is 0 Å². The van der Waals surface area contributed by atoms with Crippen LogP contribution in [0.1, 0.15) is 5.76 Å². The van der Waals surface area contributed by atoms with Gasteiger partial charge in [-0.25, -0.2) is 0 Å². The molecule has 0 radical (unpaired) electrons. The molecule has 0 spiro atoms. The van der Waals surface area contributed by atoms with Gasteiger partial charge in [0.2, 0.25) is 0 Å². The molecule has 1 heterocycles. The second-order valence-corrected chi connectivity index (χ2v) is 4.00. The molecule has 2 rings (SSSR count). The third kappa shape index (κ3) is 2.07. The van der Waals surface area contributed by atoms with Gasteiger partial charge < -0.3 is 4.42 Å². The average Bonchev–Trinajstić information content (AvgIpc) is 2.68. The molecule has 1 aromatic heterocycles. The molecule has 0 saturated heterocycles. The number of rotatable bonds is 3. The van der Waals surface area contributed by atoms with Crippen LogP contribution in [0.3, 0.4) is 0 Å². The van der Waals surface area contributed by atoms with Gasteiger partial charge in [0, 0.05) is 11.5 Å². The Kier molecular flexibility index (Phi) is 2.96. The van der Waals surface area contributed by atoms with Crippen molar-refractivity contribution in [1.29, 1.82) is 0 Å². The Labute approximate surface area is 108 Å². The lowest BCUT2D eigenvalue weighted by molar-refractivity contribution is -0.422. The highest BCUT2D eigenvalue weighted by atomic mass is 127. The van der Waals surface area contributed by atoms with E-state index >= 15 is 0 Å². The van der Waals surface area contributed by atoms with Gasteiger partial charge in [0.05, 0.1) is 20.3 Å². The van der Waals surface area contributed by atoms with Crippen LogP contribution in [0.15, 0.2) is 22.6 Å². The van der Waals surface area contributed by atoms with Gasteiger partial charge in [-0.15, -0.1) is 0 Å². The monoisotopic (exact) mass is 348 g/mol. The summed E-state index contributed by atoms with van der Waals surface area (Å²) in [5.41, 5.74) is -0.797. The zero-order valence-corrected chi connectivity index (χ0v) is 10.4. The lowest BCUT2D eigenvalue weighted by Gasteiger charge is -1.94. The van der Waals surface area contributed by atoms with Crippen molar-refractivity contribution >= 4 is 44.9 Å². The first-order valence-corrected chi connectivity index (χ1v) is 5.96. The van der Waals surface area contributed by atoms with Crippen LogP contribution in [0.2, 0.25) is 0 Å². The van der Waals surface area contributed by atoms with Gasteiger partial charge in [-0.1, -0.05) is 22.6 Å². The molecule has 1 aromatic carbocycles. The van der Waals surface area contributed by atoms with Crippen molar-refractivity contribution in [2.24, 2.45) is 0 Å². The summed E-state index contributed by atoms with van der Waals surface area (Å²) in [4.78, 5) is 19.9. The first kappa shape index (κ1) is 11.8. The van der Waals surface area contributed by atoms with Crippen molar-refractivity contribution in [2.45, 2.75) is 4.43 Å². The Balaban J connectivity index is 2.74. The zero-order valence-electron chi connectivity index (χ0n) is 8.25. The number of nitrogens with zero attached hydrogens (tertiary/aromatic N) is 2. The zero-order chi connectivity index (χ0) is 12.6. The highest BCUT2D eigenvalue weighted by Gasteiger charge is 2.26. The van der Waals surface area contributed by atoms with E-state index in [1.54, 1.807) is 6.07 Å². The standard InChI is InChI=1S/C9H5IN2O5/c10-4-6-1-5-2-7(11(13)14)8(12(15)16)3-9(5)17-6/h1-3H,4H2. The number of hydrogen-bond donors (Lipinski definition) is 0. The molecule has 0 fully saturated rings. The molecule has 0 atom stereocenters. The number of furan rings is 1. The van der Waals surface area contributed by atoms with E-state index in [0.717, 1.165) is 12.1 Å². The number of nitro benzene ring substituents is 2. The summed E-state index contributed by atoms with van der Waals surface area (Å²) < 4.78 is 5.90. The van der Waals surface area contributed by atoms with Crippen LogP contribution in [0.5, 0.6) is 0 Å². The largest absolute Gasteiger partial charge is 0.460 e. The van der Waals surface area contributed by atoms with Crippen LogP contribution in [0.25, 0.3) is 11.0 Å². The van der Waals surface area contributed by atoms with E-state index in [9.17, 15) is 20.2 Å². The minimum atomic E-state index is -0.788.